The van der Waals surface area contributed by atoms with Crippen LogP contribution in [0.2, 0.25) is 0 Å². The second kappa shape index (κ2) is 4.66. The van der Waals surface area contributed by atoms with E-state index in [4.69, 9.17) is 5.73 Å². The van der Waals surface area contributed by atoms with Crippen molar-refractivity contribution in [1.29, 1.82) is 0 Å². The summed E-state index contributed by atoms with van der Waals surface area (Å²) >= 11 is 0. The number of aromatic nitrogens is 1. The van der Waals surface area contributed by atoms with Crippen molar-refractivity contribution in [2.75, 3.05) is 17.2 Å². The molecule has 0 amide bonds. The lowest BCUT2D eigenvalue weighted by atomic mass is 9.99. The molecule has 18 heavy (non-hydrogen) atoms. The van der Waals surface area contributed by atoms with Gasteiger partial charge in [-0.25, -0.2) is 4.98 Å². The Balaban J connectivity index is 1.80. The van der Waals surface area contributed by atoms with Crippen LogP contribution in [0.5, 0.6) is 0 Å². The summed E-state index contributed by atoms with van der Waals surface area (Å²) in [6.45, 7) is 0.800. The van der Waals surface area contributed by atoms with Crippen molar-refractivity contribution in [1.82, 2.24) is 4.98 Å². The third-order valence-corrected chi connectivity index (χ3v) is 3.26. The Kier molecular flexibility index (Phi) is 2.86. The summed E-state index contributed by atoms with van der Waals surface area (Å²) in [5.74, 6) is 0.875. The molecule has 0 radical (unpaired) electrons. The summed E-state index contributed by atoms with van der Waals surface area (Å²) in [6, 6.07) is 14.2. The van der Waals surface area contributed by atoms with E-state index in [-0.39, 0.29) is 12.1 Å². The van der Waals surface area contributed by atoms with Gasteiger partial charge in [-0.15, -0.1) is 0 Å². The first-order valence-electron chi connectivity index (χ1n) is 6.10. The first-order chi connectivity index (χ1) is 8.84. The average Bonchev–Trinajstić information content (AvgIpc) is 2.47. The SMILES string of the molecule is N[C@@H](c1ccccc1)[C@H]1CNc2cccnc2N1. The van der Waals surface area contributed by atoms with E-state index in [1.54, 1.807) is 6.20 Å². The smallest absolute Gasteiger partial charge is 0.149 e. The Morgan fingerprint density at radius 1 is 1.17 bits per heavy atom. The van der Waals surface area contributed by atoms with Crippen molar-refractivity contribution < 1.29 is 0 Å². The van der Waals surface area contributed by atoms with Crippen LogP contribution in [0.1, 0.15) is 11.6 Å². The maximum atomic E-state index is 6.30. The molecule has 0 spiro atoms. The lowest BCUT2D eigenvalue weighted by Crippen LogP contribution is -2.41. The number of hydrogen-bond donors (Lipinski definition) is 3. The molecule has 1 aliphatic rings. The fraction of sp³-hybridized carbons (Fsp3) is 0.214. The molecule has 0 saturated carbocycles. The summed E-state index contributed by atoms with van der Waals surface area (Å²) in [7, 11) is 0. The third-order valence-electron chi connectivity index (χ3n) is 3.26. The summed E-state index contributed by atoms with van der Waals surface area (Å²) < 4.78 is 0. The number of benzene rings is 1. The first kappa shape index (κ1) is 11.0. The predicted octanol–water partition coefficient (Wildman–Crippen LogP) is 1.99. The summed E-state index contributed by atoms with van der Waals surface area (Å²) in [5, 5.41) is 6.75. The fourth-order valence-electron chi connectivity index (χ4n) is 2.23. The molecule has 4 nitrogen and oxygen atoms in total. The van der Waals surface area contributed by atoms with Gasteiger partial charge >= 0.3 is 0 Å². The number of nitrogens with one attached hydrogen (secondary N) is 2. The highest BCUT2D eigenvalue weighted by Gasteiger charge is 2.24. The van der Waals surface area contributed by atoms with Gasteiger partial charge in [-0.1, -0.05) is 30.3 Å². The van der Waals surface area contributed by atoms with Crippen LogP contribution in [-0.4, -0.2) is 17.6 Å². The molecule has 0 saturated heterocycles. The van der Waals surface area contributed by atoms with Crippen molar-refractivity contribution in [3.63, 3.8) is 0 Å². The Hall–Kier alpha value is -2.07. The third kappa shape index (κ3) is 2.02. The highest BCUT2D eigenvalue weighted by atomic mass is 15.1. The molecule has 3 rings (SSSR count). The number of nitrogens with zero attached hydrogens (tertiary/aromatic N) is 1. The van der Waals surface area contributed by atoms with Crippen LogP contribution in [0.25, 0.3) is 0 Å². The number of rotatable bonds is 2. The van der Waals surface area contributed by atoms with E-state index in [0.717, 1.165) is 23.6 Å². The van der Waals surface area contributed by atoms with Crippen LogP contribution in [-0.2, 0) is 0 Å². The van der Waals surface area contributed by atoms with Crippen molar-refractivity contribution in [3.8, 4) is 0 Å². The normalized spacial score (nSPS) is 19.3. The van der Waals surface area contributed by atoms with E-state index in [9.17, 15) is 0 Å². The second-order valence-electron chi connectivity index (χ2n) is 4.47. The van der Waals surface area contributed by atoms with Crippen molar-refractivity contribution in [2.45, 2.75) is 12.1 Å². The first-order valence-corrected chi connectivity index (χ1v) is 6.10. The van der Waals surface area contributed by atoms with Crippen LogP contribution < -0.4 is 16.4 Å². The highest BCUT2D eigenvalue weighted by Crippen LogP contribution is 2.26. The molecule has 4 heteroatoms. The van der Waals surface area contributed by atoms with Gasteiger partial charge in [0.05, 0.1) is 17.8 Å². The van der Waals surface area contributed by atoms with Crippen molar-refractivity contribution in [2.24, 2.45) is 5.73 Å². The minimum Gasteiger partial charge on any atom is -0.380 e. The summed E-state index contributed by atoms with van der Waals surface area (Å²) in [4.78, 5) is 4.32. The lowest BCUT2D eigenvalue weighted by molar-refractivity contribution is 0.592. The molecular formula is C14H16N4. The number of fused-ring (bicyclic) bond motifs is 1. The Labute approximate surface area is 106 Å². The van der Waals surface area contributed by atoms with Gasteiger partial charge in [0.15, 0.2) is 0 Å². The maximum Gasteiger partial charge on any atom is 0.149 e. The Bertz CT molecular complexity index is 526. The molecule has 0 bridgehead atoms. The predicted molar refractivity (Wildman–Crippen MR) is 73.5 cm³/mol. The fourth-order valence-corrected chi connectivity index (χ4v) is 2.23. The highest BCUT2D eigenvalue weighted by molar-refractivity contribution is 5.66. The van der Waals surface area contributed by atoms with Gasteiger partial charge in [0.2, 0.25) is 0 Å². The summed E-state index contributed by atoms with van der Waals surface area (Å²) in [5.41, 5.74) is 8.47. The van der Waals surface area contributed by atoms with Crippen LogP contribution in [0.15, 0.2) is 48.7 Å². The zero-order valence-corrected chi connectivity index (χ0v) is 10.0. The van der Waals surface area contributed by atoms with E-state index in [1.807, 2.05) is 30.3 Å². The number of pyridine rings is 1. The molecule has 1 aromatic carbocycles. The maximum absolute atomic E-state index is 6.30. The molecule has 0 aliphatic carbocycles. The minimum atomic E-state index is -0.0474. The quantitative estimate of drug-likeness (QED) is 0.751. The zero-order valence-electron chi connectivity index (χ0n) is 10.0. The largest absolute Gasteiger partial charge is 0.380 e. The lowest BCUT2D eigenvalue weighted by Gasteiger charge is -2.31. The molecule has 1 aliphatic heterocycles. The molecular weight excluding hydrogens is 224 g/mol. The Morgan fingerprint density at radius 3 is 2.83 bits per heavy atom. The van der Waals surface area contributed by atoms with E-state index < -0.39 is 0 Å². The topological polar surface area (TPSA) is 63.0 Å². The zero-order chi connectivity index (χ0) is 12.4. The summed E-state index contributed by atoms with van der Waals surface area (Å²) in [6.07, 6.45) is 1.78. The van der Waals surface area contributed by atoms with Crippen LogP contribution >= 0.6 is 0 Å². The van der Waals surface area contributed by atoms with Gasteiger partial charge < -0.3 is 16.4 Å². The number of hydrogen-bond acceptors (Lipinski definition) is 4. The molecule has 2 atom stereocenters. The van der Waals surface area contributed by atoms with Crippen molar-refractivity contribution >= 4 is 11.5 Å². The molecule has 0 unspecified atom stereocenters. The van der Waals surface area contributed by atoms with Crippen LogP contribution in [0, 0.1) is 0 Å². The molecule has 4 N–H and O–H groups in total. The monoisotopic (exact) mass is 240 g/mol. The van der Waals surface area contributed by atoms with E-state index in [2.05, 4.69) is 27.8 Å². The minimum absolute atomic E-state index is 0.0474. The second-order valence-corrected chi connectivity index (χ2v) is 4.47. The van der Waals surface area contributed by atoms with E-state index >= 15 is 0 Å². The molecule has 2 aromatic rings. The van der Waals surface area contributed by atoms with Gasteiger partial charge in [0.1, 0.15) is 5.82 Å². The van der Waals surface area contributed by atoms with Gasteiger partial charge in [0.25, 0.3) is 0 Å². The van der Waals surface area contributed by atoms with Crippen molar-refractivity contribution in [3.05, 3.63) is 54.2 Å². The molecule has 1 aromatic heterocycles. The van der Waals surface area contributed by atoms with Gasteiger partial charge in [0, 0.05) is 12.7 Å². The number of anilines is 2. The van der Waals surface area contributed by atoms with E-state index in [0.29, 0.717) is 0 Å². The van der Waals surface area contributed by atoms with Crippen LogP contribution in [0.3, 0.4) is 0 Å². The van der Waals surface area contributed by atoms with E-state index in [1.165, 1.54) is 0 Å². The standard InChI is InChI=1S/C14H16N4/c15-13(10-5-2-1-3-6-10)12-9-17-11-7-4-8-16-14(11)18-12/h1-8,12-13,17H,9,15H2,(H,16,18)/t12-,13+/m1/s1. The Morgan fingerprint density at radius 2 is 2.00 bits per heavy atom. The van der Waals surface area contributed by atoms with Gasteiger partial charge in [-0.3, -0.25) is 0 Å². The van der Waals surface area contributed by atoms with Crippen LogP contribution in [0.4, 0.5) is 11.5 Å². The average molecular weight is 240 g/mol. The number of nitrogens with two attached hydrogens (primary N) is 1. The van der Waals surface area contributed by atoms with Gasteiger partial charge in [-0.05, 0) is 17.7 Å². The molecule has 2 heterocycles. The van der Waals surface area contributed by atoms with Gasteiger partial charge in [-0.2, -0.15) is 0 Å². The molecule has 0 fully saturated rings. The molecule has 92 valence electrons.